The lowest BCUT2D eigenvalue weighted by Crippen LogP contribution is -2.44. The van der Waals surface area contributed by atoms with Gasteiger partial charge >= 0.3 is 5.97 Å². The third kappa shape index (κ3) is 5.32. The fourth-order valence-corrected chi connectivity index (χ4v) is 5.35. The molecule has 0 aliphatic carbocycles. The largest absolute Gasteiger partial charge is 0.458 e. The Bertz CT molecular complexity index is 1860. The van der Waals surface area contributed by atoms with E-state index in [2.05, 4.69) is 32.6 Å². The van der Waals surface area contributed by atoms with Crippen LogP contribution in [0.3, 0.4) is 0 Å². The van der Waals surface area contributed by atoms with Gasteiger partial charge in [0.05, 0.1) is 29.1 Å². The molecule has 4 N–H and O–H groups in total. The van der Waals surface area contributed by atoms with E-state index in [-0.39, 0.29) is 18.7 Å². The summed E-state index contributed by atoms with van der Waals surface area (Å²) < 4.78 is 7.61. The van der Waals surface area contributed by atoms with Crippen molar-refractivity contribution >= 4 is 52.5 Å². The first kappa shape index (κ1) is 29.4. The number of fused-ring (bicyclic) bond motifs is 5. The van der Waals surface area contributed by atoms with Gasteiger partial charge in [0, 0.05) is 32.7 Å². The van der Waals surface area contributed by atoms with E-state index in [0.29, 0.717) is 44.9 Å². The number of aliphatic hydroxyl groups is 1. The number of carbonyl (C=O) groups excluding carboxylic acids is 4. The topological polar surface area (TPSA) is 200 Å². The van der Waals surface area contributed by atoms with Crippen LogP contribution in [0.4, 0.5) is 5.69 Å². The number of azide groups is 1. The number of carbonyl (C=O) groups is 4. The van der Waals surface area contributed by atoms with E-state index in [9.17, 15) is 24.3 Å². The molecule has 0 radical (unpaired) electrons. The number of nitrogens with one attached hydrogen (secondary N) is 3. The number of hydrogen-bond donors (Lipinski definition) is 4. The standard InChI is InChI=1S/C28H26N8O6S/c1-4-28(41)19-9-21-23-16(11-36(21)26(43)18(19)12-42-27(28)40)7-15-5-6-17(8-20(15)34-23)33-25(39)14(3)32-24(38)13(2)31-22(37)10-30-35-29/h5-9,14,41H,2,4,10-12H2,1,3H3,(H,31,37)(H,32,38)(H,33,39)/t14-,28-/m0/s1. The molecule has 1 aromatic carbocycles. The third-order valence-corrected chi connectivity index (χ3v) is 7.83. The van der Waals surface area contributed by atoms with Crippen LogP contribution in [0.1, 0.15) is 37.0 Å². The zero-order chi connectivity index (χ0) is 31.1. The van der Waals surface area contributed by atoms with Gasteiger partial charge in [-0.1, -0.05) is 36.9 Å². The van der Waals surface area contributed by atoms with E-state index >= 15 is 0 Å². The van der Waals surface area contributed by atoms with Gasteiger partial charge in [-0.2, -0.15) is 0 Å². The van der Waals surface area contributed by atoms with Crippen LogP contribution >= 0.6 is 12.2 Å². The highest BCUT2D eigenvalue weighted by Gasteiger charge is 2.44. The van der Waals surface area contributed by atoms with Gasteiger partial charge in [-0.3, -0.25) is 14.4 Å². The van der Waals surface area contributed by atoms with Gasteiger partial charge in [-0.15, -0.1) is 0 Å². The predicted molar refractivity (Wildman–Crippen MR) is 157 cm³/mol. The Labute approximate surface area is 249 Å². The fraction of sp³-hybridized carbons (Fsp3) is 0.286. The van der Waals surface area contributed by atoms with Crippen molar-refractivity contribution in [2.24, 2.45) is 5.11 Å². The van der Waals surface area contributed by atoms with E-state index in [1.165, 1.54) is 6.92 Å². The lowest BCUT2D eigenvalue weighted by atomic mass is 9.86. The molecule has 220 valence electrons. The van der Waals surface area contributed by atoms with E-state index < -0.39 is 41.9 Å². The summed E-state index contributed by atoms with van der Waals surface area (Å²) in [7, 11) is 0. The van der Waals surface area contributed by atoms with Crippen LogP contribution in [0.15, 0.2) is 47.7 Å². The predicted octanol–water partition coefficient (Wildman–Crippen LogP) is 2.83. The summed E-state index contributed by atoms with van der Waals surface area (Å²) in [6, 6.07) is 7.93. The van der Waals surface area contributed by atoms with Crippen LogP contribution in [0, 0.1) is 4.64 Å². The van der Waals surface area contributed by atoms with Crippen LogP contribution in [-0.2, 0) is 42.7 Å². The molecule has 5 rings (SSSR count). The molecule has 2 aliphatic heterocycles. The van der Waals surface area contributed by atoms with Crippen molar-refractivity contribution in [2.75, 3.05) is 11.9 Å². The second kappa shape index (κ2) is 11.3. The van der Waals surface area contributed by atoms with Gasteiger partial charge in [0.25, 0.3) is 5.91 Å². The number of nitrogens with zero attached hydrogens (tertiary/aromatic N) is 5. The smallest absolute Gasteiger partial charge is 0.343 e. The van der Waals surface area contributed by atoms with Gasteiger partial charge in [-0.25, -0.2) is 9.78 Å². The second-order valence-corrected chi connectivity index (χ2v) is 10.5. The first-order chi connectivity index (χ1) is 20.5. The fourth-order valence-electron chi connectivity index (χ4n) is 5.01. The molecule has 0 unspecified atom stereocenters. The molecule has 0 fully saturated rings. The lowest BCUT2D eigenvalue weighted by Gasteiger charge is -2.32. The number of esters is 1. The number of pyridine rings is 2. The molecule has 14 nitrogen and oxygen atoms in total. The van der Waals surface area contributed by atoms with E-state index in [4.69, 9.17) is 27.5 Å². The highest BCUT2D eigenvalue weighted by Crippen LogP contribution is 2.41. The molecule has 4 heterocycles. The number of anilines is 1. The molecular formula is C28H26N8O6S. The quantitative estimate of drug-likeness (QED) is 0.0589. The molecule has 2 aromatic heterocycles. The number of amides is 3. The molecule has 0 spiro atoms. The molecule has 43 heavy (non-hydrogen) atoms. The number of benzene rings is 1. The van der Waals surface area contributed by atoms with Crippen LogP contribution in [0.25, 0.3) is 32.7 Å². The Morgan fingerprint density at radius 2 is 2.09 bits per heavy atom. The Balaban J connectivity index is 1.36. The molecule has 15 heteroatoms. The van der Waals surface area contributed by atoms with E-state index in [1.54, 1.807) is 31.2 Å². The van der Waals surface area contributed by atoms with Crippen LogP contribution in [0.2, 0.25) is 0 Å². The van der Waals surface area contributed by atoms with Crippen LogP contribution in [0.5, 0.6) is 0 Å². The van der Waals surface area contributed by atoms with Crippen molar-refractivity contribution in [3.63, 3.8) is 0 Å². The highest BCUT2D eigenvalue weighted by atomic mass is 32.1. The van der Waals surface area contributed by atoms with Crippen LogP contribution < -0.4 is 16.0 Å². The molecule has 3 aromatic rings. The summed E-state index contributed by atoms with van der Waals surface area (Å²) >= 11 is 5.74. The third-order valence-electron chi connectivity index (χ3n) is 7.36. The Hall–Kier alpha value is -5.11. The number of ether oxygens (including phenoxy) is 1. The zero-order valence-electron chi connectivity index (χ0n) is 23.1. The molecule has 3 amide bonds. The van der Waals surface area contributed by atoms with Crippen molar-refractivity contribution < 1.29 is 29.0 Å². The number of hydrogen-bond acceptors (Lipinski definition) is 9. The van der Waals surface area contributed by atoms with Crippen LogP contribution in [-0.4, -0.2) is 50.9 Å². The SMILES string of the molecule is C=C(NC(=O)CN=[N+]=[N-])C(=O)N[C@@H](C)C(=O)Nc1ccc2cc3c(nc2c1)-c1cc2c(c(=S)n1C3)COC(=O)[C@]2(O)CC. The van der Waals surface area contributed by atoms with Gasteiger partial charge in [0.15, 0.2) is 5.60 Å². The van der Waals surface area contributed by atoms with Crippen molar-refractivity contribution in [1.82, 2.24) is 20.2 Å². The first-order valence-corrected chi connectivity index (χ1v) is 13.6. The Kier molecular flexibility index (Phi) is 7.71. The maximum atomic E-state index is 12.8. The maximum Gasteiger partial charge on any atom is 0.343 e. The molecule has 0 bridgehead atoms. The molecule has 0 saturated carbocycles. The molecule has 2 atom stereocenters. The van der Waals surface area contributed by atoms with Gasteiger partial charge in [-0.05, 0) is 43.1 Å². The van der Waals surface area contributed by atoms with Gasteiger partial charge in [0.1, 0.15) is 23.8 Å². The van der Waals surface area contributed by atoms with Gasteiger partial charge in [0.2, 0.25) is 11.8 Å². The maximum absolute atomic E-state index is 12.8. The summed E-state index contributed by atoms with van der Waals surface area (Å²) in [5.41, 5.74) is 10.4. The monoisotopic (exact) mass is 602 g/mol. The average Bonchev–Trinajstić information content (AvgIpc) is 3.34. The summed E-state index contributed by atoms with van der Waals surface area (Å²) in [6.07, 6.45) is 0.122. The van der Waals surface area contributed by atoms with E-state index in [0.717, 1.165) is 10.9 Å². The highest BCUT2D eigenvalue weighted by molar-refractivity contribution is 7.71. The van der Waals surface area contributed by atoms with Gasteiger partial charge < -0.3 is 30.4 Å². The average molecular weight is 603 g/mol. The van der Waals surface area contributed by atoms with Crippen molar-refractivity contribution in [2.45, 2.75) is 45.1 Å². The number of aromatic nitrogens is 2. The summed E-state index contributed by atoms with van der Waals surface area (Å²) in [5.74, 6) is -2.75. The lowest BCUT2D eigenvalue weighted by molar-refractivity contribution is -0.172. The Morgan fingerprint density at radius 3 is 2.81 bits per heavy atom. The molecule has 2 aliphatic rings. The Morgan fingerprint density at radius 1 is 1.33 bits per heavy atom. The van der Waals surface area contributed by atoms with Crippen molar-refractivity contribution in [1.29, 1.82) is 0 Å². The number of cyclic esters (lactones) is 1. The first-order valence-electron chi connectivity index (χ1n) is 13.2. The van der Waals surface area contributed by atoms with E-state index in [1.807, 2.05) is 10.6 Å². The minimum Gasteiger partial charge on any atom is -0.458 e. The minimum atomic E-state index is -1.80. The normalized spacial score (nSPS) is 17.0. The summed E-state index contributed by atoms with van der Waals surface area (Å²) in [5, 5.41) is 22.4. The molecular weight excluding hydrogens is 576 g/mol. The second-order valence-electron chi connectivity index (χ2n) is 10.1. The summed E-state index contributed by atoms with van der Waals surface area (Å²) in [6.45, 7) is 6.57. The van der Waals surface area contributed by atoms with Crippen molar-refractivity contribution in [3.05, 3.63) is 74.4 Å². The molecule has 0 saturated heterocycles. The number of rotatable bonds is 8. The van der Waals surface area contributed by atoms with Crippen molar-refractivity contribution in [3.8, 4) is 11.4 Å². The zero-order valence-corrected chi connectivity index (χ0v) is 23.9. The minimum absolute atomic E-state index is 0.0105. The summed E-state index contributed by atoms with van der Waals surface area (Å²) in [4.78, 5) is 56.5.